The van der Waals surface area contributed by atoms with Gasteiger partial charge in [-0.1, -0.05) is 97.1 Å². The third-order valence-electron chi connectivity index (χ3n) is 12.6. The van der Waals surface area contributed by atoms with E-state index < -0.39 is 26.0 Å². The number of nitrogens with zero attached hydrogens (tertiary/aromatic N) is 4. The molecule has 8 rings (SSSR count). The standard InChI is InChI=1S/C28H32N2O6S.C26H30N2O5S/c1-4-36-26(32)19-30-20(2)24(27(21(3)31)28(30)22-10-6-5-7-11-22)18-23-12-8-9-13-25(23)37(33,34)29-14-16-35-17-15-29;1-3-33-26(29)19-28-20(2)23(18-24(28)21-9-5-4-6-10-21)17-22-11-7-8-12-25(22)34(30,31)27-13-15-32-16-14-27/h5-13H,4,14-19H2,1-3H3;4-12,18H,3,13-17,19H2,1-2H3. The number of carbonyl (C=O) groups is 3. The van der Waals surface area contributed by atoms with Crippen LogP contribution in [0, 0.1) is 13.8 Å². The zero-order chi connectivity index (χ0) is 50.7. The van der Waals surface area contributed by atoms with Crippen LogP contribution in [0.5, 0.6) is 0 Å². The topological polar surface area (TPSA) is 173 Å². The SMILES string of the molecule is CCOC(=O)Cn1c(-c2ccccc2)cc(Cc2ccccc2S(=O)(=O)N2CCOCC2)c1C.CCOC(=O)Cn1c(C)c(Cc2ccccc2S(=O)(=O)N2CCOCC2)c(C(C)=O)c1-c1ccccc1. The van der Waals surface area contributed by atoms with E-state index in [4.69, 9.17) is 18.9 Å². The average Bonchev–Trinajstić information content (AvgIpc) is 3.83. The third-order valence-corrected chi connectivity index (χ3v) is 16.6. The highest BCUT2D eigenvalue weighted by Gasteiger charge is 2.32. The number of ketones is 1. The van der Waals surface area contributed by atoms with Gasteiger partial charge in [0.25, 0.3) is 0 Å². The molecule has 0 bridgehead atoms. The number of carbonyl (C=O) groups excluding carboxylic acids is 3. The van der Waals surface area contributed by atoms with E-state index >= 15 is 0 Å². The Morgan fingerprint density at radius 1 is 0.549 bits per heavy atom. The summed E-state index contributed by atoms with van der Waals surface area (Å²) in [4.78, 5) is 38.5. The van der Waals surface area contributed by atoms with Gasteiger partial charge in [-0.3, -0.25) is 14.4 Å². The van der Waals surface area contributed by atoms with Crippen molar-refractivity contribution in [2.45, 2.75) is 70.3 Å². The predicted molar refractivity (Wildman–Crippen MR) is 270 cm³/mol. The van der Waals surface area contributed by atoms with E-state index in [1.807, 2.05) is 97.3 Å². The first-order valence-electron chi connectivity index (χ1n) is 23.8. The Bertz CT molecular complexity index is 3050. The van der Waals surface area contributed by atoms with E-state index in [0.29, 0.717) is 92.9 Å². The maximum atomic E-state index is 13.6. The summed E-state index contributed by atoms with van der Waals surface area (Å²) < 4.78 is 81.7. The van der Waals surface area contributed by atoms with Crippen LogP contribution in [0.2, 0.25) is 0 Å². The summed E-state index contributed by atoms with van der Waals surface area (Å²) in [5.41, 5.74) is 8.38. The summed E-state index contributed by atoms with van der Waals surface area (Å²) in [6.07, 6.45) is 0.650. The minimum atomic E-state index is -3.75. The molecule has 2 aromatic heterocycles. The quantitative estimate of drug-likeness (QED) is 0.0655. The van der Waals surface area contributed by atoms with Gasteiger partial charge < -0.3 is 28.1 Å². The molecule has 2 aliphatic rings. The van der Waals surface area contributed by atoms with Crippen LogP contribution in [-0.2, 0) is 74.5 Å². The number of esters is 2. The second-order valence-corrected chi connectivity index (χ2v) is 20.9. The average molecular weight is 1010 g/mol. The van der Waals surface area contributed by atoms with Crippen molar-refractivity contribution in [2.75, 3.05) is 65.8 Å². The van der Waals surface area contributed by atoms with Crippen molar-refractivity contribution in [1.29, 1.82) is 0 Å². The lowest BCUT2D eigenvalue weighted by atomic mass is 9.96. The Balaban J connectivity index is 0.000000209. The molecule has 0 radical (unpaired) electrons. The first-order chi connectivity index (χ1) is 34.2. The van der Waals surface area contributed by atoms with Crippen molar-refractivity contribution in [3.05, 3.63) is 154 Å². The largest absolute Gasteiger partial charge is 0.465 e. The molecule has 2 aliphatic heterocycles. The normalized spacial score (nSPS) is 14.6. The number of hydrogen-bond donors (Lipinski definition) is 0. The third kappa shape index (κ3) is 12.1. The van der Waals surface area contributed by atoms with E-state index in [0.717, 1.165) is 39.3 Å². The molecule has 71 heavy (non-hydrogen) atoms. The van der Waals surface area contributed by atoms with Crippen molar-refractivity contribution < 1.29 is 50.2 Å². The van der Waals surface area contributed by atoms with Gasteiger partial charge in [0.1, 0.15) is 13.1 Å². The smallest absolute Gasteiger partial charge is 0.325 e. The van der Waals surface area contributed by atoms with Crippen molar-refractivity contribution in [3.63, 3.8) is 0 Å². The zero-order valence-electron chi connectivity index (χ0n) is 41.0. The van der Waals surface area contributed by atoms with Gasteiger partial charge in [-0.25, -0.2) is 16.8 Å². The number of benzene rings is 4. The minimum absolute atomic E-state index is 0.0576. The first-order valence-corrected chi connectivity index (χ1v) is 26.7. The highest BCUT2D eigenvalue weighted by molar-refractivity contribution is 7.89. The summed E-state index contributed by atoms with van der Waals surface area (Å²) in [7, 11) is -7.39. The monoisotopic (exact) mass is 1010 g/mol. The highest BCUT2D eigenvalue weighted by atomic mass is 32.2. The maximum absolute atomic E-state index is 13.6. The van der Waals surface area contributed by atoms with E-state index in [1.54, 1.807) is 54.8 Å². The fourth-order valence-electron chi connectivity index (χ4n) is 9.13. The van der Waals surface area contributed by atoms with Crippen molar-refractivity contribution in [2.24, 2.45) is 0 Å². The molecule has 0 saturated carbocycles. The second-order valence-electron chi connectivity index (χ2n) is 17.1. The van der Waals surface area contributed by atoms with Gasteiger partial charge in [-0.2, -0.15) is 8.61 Å². The summed E-state index contributed by atoms with van der Waals surface area (Å²) in [5, 5.41) is 0. The Labute approximate surface area is 417 Å². The van der Waals surface area contributed by atoms with Crippen LogP contribution in [0.4, 0.5) is 0 Å². The number of rotatable bonds is 17. The summed E-state index contributed by atoms with van der Waals surface area (Å²) in [6.45, 7) is 12.2. The van der Waals surface area contributed by atoms with Crippen molar-refractivity contribution in [3.8, 4) is 22.5 Å². The van der Waals surface area contributed by atoms with Gasteiger partial charge in [0, 0.05) is 61.7 Å². The van der Waals surface area contributed by atoms with Crippen LogP contribution in [0.1, 0.15) is 64.8 Å². The fraction of sp³-hybridized carbons (Fsp3) is 0.352. The number of Topliss-reactive ketones (excluding diaryl/α,β-unsaturated/α-hetero) is 1. The number of morpholine rings is 2. The van der Waals surface area contributed by atoms with Crippen LogP contribution in [0.25, 0.3) is 22.5 Å². The lowest BCUT2D eigenvalue weighted by Gasteiger charge is -2.27. The molecular weight excluding hydrogens is 945 g/mol. The van der Waals surface area contributed by atoms with Crippen LogP contribution >= 0.6 is 0 Å². The summed E-state index contributed by atoms with van der Waals surface area (Å²) >= 11 is 0. The number of sulfonamides is 2. The Hall–Kier alpha value is -6.21. The maximum Gasteiger partial charge on any atom is 0.325 e. The molecule has 0 N–H and O–H groups in total. The van der Waals surface area contributed by atoms with Gasteiger partial charge in [-0.15, -0.1) is 0 Å². The molecule has 2 saturated heterocycles. The van der Waals surface area contributed by atoms with Gasteiger partial charge in [-0.05, 0) is 86.2 Å². The Morgan fingerprint density at radius 2 is 0.986 bits per heavy atom. The highest BCUT2D eigenvalue weighted by Crippen LogP contribution is 2.36. The van der Waals surface area contributed by atoms with Crippen LogP contribution in [0.3, 0.4) is 0 Å². The van der Waals surface area contributed by atoms with Gasteiger partial charge in [0.15, 0.2) is 5.78 Å². The predicted octanol–water partition coefficient (Wildman–Crippen LogP) is 7.48. The van der Waals surface area contributed by atoms with Crippen molar-refractivity contribution in [1.82, 2.24) is 17.7 Å². The molecule has 0 aliphatic carbocycles. The number of ether oxygens (including phenoxy) is 4. The number of aromatic nitrogens is 2. The molecule has 376 valence electrons. The van der Waals surface area contributed by atoms with E-state index in [1.165, 1.54) is 15.5 Å². The van der Waals surface area contributed by atoms with Gasteiger partial charge in [0.2, 0.25) is 20.0 Å². The lowest BCUT2D eigenvalue weighted by molar-refractivity contribution is -0.144. The van der Waals surface area contributed by atoms with Crippen molar-refractivity contribution >= 4 is 37.8 Å². The van der Waals surface area contributed by atoms with E-state index in [-0.39, 0.29) is 42.8 Å². The van der Waals surface area contributed by atoms with Crippen LogP contribution in [0.15, 0.2) is 125 Å². The first kappa shape index (κ1) is 52.6. The molecule has 15 nitrogen and oxygen atoms in total. The molecule has 6 aromatic rings. The number of hydrogen-bond acceptors (Lipinski definition) is 11. The molecule has 0 atom stereocenters. The van der Waals surface area contributed by atoms with Crippen LogP contribution < -0.4 is 0 Å². The molecule has 17 heteroatoms. The molecule has 0 unspecified atom stereocenters. The van der Waals surface area contributed by atoms with Gasteiger partial charge in [0.05, 0.1) is 55.1 Å². The lowest BCUT2D eigenvalue weighted by Crippen LogP contribution is -2.40. The summed E-state index contributed by atoms with van der Waals surface area (Å²) in [6, 6.07) is 35.3. The van der Waals surface area contributed by atoms with Crippen LogP contribution in [-0.4, -0.2) is 118 Å². The minimum Gasteiger partial charge on any atom is -0.465 e. The summed E-state index contributed by atoms with van der Waals surface area (Å²) in [5.74, 6) is -0.872. The molecule has 4 heterocycles. The second kappa shape index (κ2) is 23.8. The zero-order valence-corrected chi connectivity index (χ0v) is 42.6. The molecule has 0 spiro atoms. The van der Waals surface area contributed by atoms with Gasteiger partial charge >= 0.3 is 11.9 Å². The Morgan fingerprint density at radius 3 is 1.46 bits per heavy atom. The fourth-order valence-corrected chi connectivity index (χ4v) is 12.4. The Kier molecular flexibility index (Phi) is 17.6. The molecule has 4 aromatic carbocycles. The molecular formula is C54H62N4O11S2. The van der Waals surface area contributed by atoms with E-state index in [9.17, 15) is 31.2 Å². The molecule has 0 amide bonds. The van der Waals surface area contributed by atoms with E-state index in [2.05, 4.69) is 0 Å². The molecule has 2 fully saturated rings.